The fourth-order valence-electron chi connectivity index (χ4n) is 3.86. The number of benzene rings is 1. The number of hydrogen-bond donors (Lipinski definition) is 1. The lowest BCUT2D eigenvalue weighted by molar-refractivity contribution is 0.0948. The maximum atomic E-state index is 13.1. The van der Waals surface area contributed by atoms with Gasteiger partial charge in [-0.05, 0) is 79.8 Å². The smallest absolute Gasteiger partial charge is 0.255 e. The Kier molecular flexibility index (Phi) is 5.97. The lowest BCUT2D eigenvalue weighted by atomic mass is 9.95. The molecule has 0 radical (unpaired) electrons. The Morgan fingerprint density at radius 3 is 2.78 bits per heavy atom. The molecule has 1 amide bonds. The number of carbonyl (C=O) groups is 1. The van der Waals surface area contributed by atoms with Gasteiger partial charge in [0.2, 0.25) is 0 Å². The van der Waals surface area contributed by atoms with Crippen LogP contribution in [0.5, 0.6) is 0 Å². The molecule has 5 rings (SSSR count). The standard InChI is InChI=1S/C25H21ClN2O3S/c26-17-9-7-16(8-10-17)21-12-11-19(31-21)15-28-25-23(20-5-1-2-6-22(20)32-25)24(29)27-14-18-4-3-13-30-18/h3-4,7-13,15H,1-2,5-6,14H2,(H,27,29)/b28-15-. The molecule has 0 unspecified atom stereocenters. The average Bonchev–Trinajstić information content (AvgIpc) is 3.56. The van der Waals surface area contributed by atoms with Gasteiger partial charge in [0.15, 0.2) is 0 Å². The number of furan rings is 2. The van der Waals surface area contributed by atoms with Crippen LogP contribution < -0.4 is 5.32 Å². The first-order valence-corrected chi connectivity index (χ1v) is 11.7. The summed E-state index contributed by atoms with van der Waals surface area (Å²) in [7, 11) is 0. The molecule has 7 heteroatoms. The van der Waals surface area contributed by atoms with Gasteiger partial charge >= 0.3 is 0 Å². The first-order valence-electron chi connectivity index (χ1n) is 10.5. The molecule has 1 aliphatic rings. The fourth-order valence-corrected chi connectivity index (χ4v) is 5.22. The number of hydrogen-bond acceptors (Lipinski definition) is 5. The highest BCUT2D eigenvalue weighted by atomic mass is 35.5. The van der Waals surface area contributed by atoms with E-state index in [2.05, 4.69) is 10.3 Å². The molecule has 0 fully saturated rings. The molecular formula is C25H21ClN2O3S. The van der Waals surface area contributed by atoms with Crippen LogP contribution in [-0.4, -0.2) is 12.1 Å². The van der Waals surface area contributed by atoms with Crippen molar-refractivity contribution in [2.24, 2.45) is 4.99 Å². The molecule has 0 saturated heterocycles. The molecule has 0 aliphatic heterocycles. The van der Waals surface area contributed by atoms with Gasteiger partial charge in [0.05, 0.1) is 24.6 Å². The van der Waals surface area contributed by atoms with E-state index in [4.69, 9.17) is 20.4 Å². The lowest BCUT2D eigenvalue weighted by Crippen LogP contribution is -2.23. The number of rotatable bonds is 6. The number of fused-ring (bicyclic) bond motifs is 1. The van der Waals surface area contributed by atoms with Crippen molar-refractivity contribution in [3.63, 3.8) is 0 Å². The number of halogens is 1. The van der Waals surface area contributed by atoms with Crippen LogP contribution in [0.15, 0.2) is 68.6 Å². The third kappa shape index (κ3) is 4.42. The molecule has 162 valence electrons. The number of nitrogens with one attached hydrogen (secondary N) is 1. The number of aliphatic imine (C=N–C) groups is 1. The highest BCUT2D eigenvalue weighted by Gasteiger charge is 2.25. The molecule has 0 atom stereocenters. The minimum Gasteiger partial charge on any atom is -0.467 e. The zero-order valence-corrected chi connectivity index (χ0v) is 18.8. The molecule has 32 heavy (non-hydrogen) atoms. The van der Waals surface area contributed by atoms with Crippen LogP contribution in [0.2, 0.25) is 5.02 Å². The van der Waals surface area contributed by atoms with Gasteiger partial charge in [-0.15, -0.1) is 11.3 Å². The number of amides is 1. The second kappa shape index (κ2) is 9.18. The molecule has 0 spiro atoms. The molecular weight excluding hydrogens is 444 g/mol. The van der Waals surface area contributed by atoms with Crippen molar-refractivity contribution in [2.45, 2.75) is 32.2 Å². The summed E-state index contributed by atoms with van der Waals surface area (Å²) < 4.78 is 11.3. The second-order valence-corrected chi connectivity index (χ2v) is 9.14. The maximum absolute atomic E-state index is 13.1. The monoisotopic (exact) mass is 464 g/mol. The largest absolute Gasteiger partial charge is 0.467 e. The predicted molar refractivity (Wildman–Crippen MR) is 127 cm³/mol. The summed E-state index contributed by atoms with van der Waals surface area (Å²) >= 11 is 7.57. The highest BCUT2D eigenvalue weighted by molar-refractivity contribution is 7.16. The maximum Gasteiger partial charge on any atom is 0.255 e. The summed E-state index contributed by atoms with van der Waals surface area (Å²) in [5, 5.41) is 4.37. The topological polar surface area (TPSA) is 67.7 Å². The lowest BCUT2D eigenvalue weighted by Gasteiger charge is -2.12. The normalized spacial score (nSPS) is 13.4. The first-order chi connectivity index (χ1) is 15.7. The van der Waals surface area contributed by atoms with Crippen LogP contribution in [0.4, 0.5) is 5.00 Å². The van der Waals surface area contributed by atoms with Crippen LogP contribution in [0.3, 0.4) is 0 Å². The zero-order valence-electron chi connectivity index (χ0n) is 17.3. The highest BCUT2D eigenvalue weighted by Crippen LogP contribution is 2.40. The van der Waals surface area contributed by atoms with Gasteiger partial charge in [-0.3, -0.25) is 4.79 Å². The van der Waals surface area contributed by atoms with Crippen molar-refractivity contribution < 1.29 is 13.6 Å². The quantitative estimate of drug-likeness (QED) is 0.318. The summed E-state index contributed by atoms with van der Waals surface area (Å²) in [6, 6.07) is 14.9. The Balaban J connectivity index is 1.39. The second-order valence-electron chi connectivity index (χ2n) is 7.62. The van der Waals surface area contributed by atoms with Crippen molar-refractivity contribution in [3.05, 3.63) is 87.3 Å². The van der Waals surface area contributed by atoms with E-state index in [1.807, 2.05) is 48.5 Å². The molecule has 3 aromatic heterocycles. The van der Waals surface area contributed by atoms with E-state index in [1.54, 1.807) is 23.8 Å². The van der Waals surface area contributed by atoms with Crippen LogP contribution in [-0.2, 0) is 19.4 Å². The molecule has 0 bridgehead atoms. The Bertz CT molecular complexity index is 1250. The average molecular weight is 465 g/mol. The van der Waals surface area contributed by atoms with Gasteiger partial charge in [0.25, 0.3) is 5.91 Å². The molecule has 0 saturated carbocycles. The number of thiophene rings is 1. The number of nitrogens with zero attached hydrogens (tertiary/aromatic N) is 1. The van der Waals surface area contributed by atoms with Crippen molar-refractivity contribution in [1.29, 1.82) is 0 Å². The van der Waals surface area contributed by atoms with E-state index in [0.29, 0.717) is 22.9 Å². The Hall–Kier alpha value is -3.09. The van der Waals surface area contributed by atoms with E-state index >= 15 is 0 Å². The minimum atomic E-state index is -0.116. The predicted octanol–water partition coefficient (Wildman–Crippen LogP) is 6.81. The van der Waals surface area contributed by atoms with Gasteiger partial charge in [-0.25, -0.2) is 4.99 Å². The van der Waals surface area contributed by atoms with Crippen LogP contribution in [0.1, 0.15) is 45.2 Å². The summed E-state index contributed by atoms with van der Waals surface area (Å²) in [4.78, 5) is 19.0. The van der Waals surface area contributed by atoms with Crippen molar-refractivity contribution in [2.75, 3.05) is 0 Å². The molecule has 1 N–H and O–H groups in total. The first kappa shape index (κ1) is 20.8. The molecule has 5 nitrogen and oxygen atoms in total. The summed E-state index contributed by atoms with van der Waals surface area (Å²) in [5.41, 5.74) is 2.75. The van der Waals surface area contributed by atoms with Crippen LogP contribution >= 0.6 is 22.9 Å². The van der Waals surface area contributed by atoms with Gasteiger partial charge in [0.1, 0.15) is 22.3 Å². The zero-order chi connectivity index (χ0) is 21.9. The fraction of sp³-hybridized carbons (Fsp3) is 0.200. The molecule has 1 aromatic carbocycles. The van der Waals surface area contributed by atoms with E-state index in [9.17, 15) is 4.79 Å². The molecule has 1 aliphatic carbocycles. The van der Waals surface area contributed by atoms with Crippen LogP contribution in [0, 0.1) is 0 Å². The molecule has 4 aromatic rings. The van der Waals surface area contributed by atoms with E-state index in [0.717, 1.165) is 53.3 Å². The summed E-state index contributed by atoms with van der Waals surface area (Å²) in [6.07, 6.45) is 7.42. The third-order valence-electron chi connectivity index (χ3n) is 5.45. The Labute approximate surface area is 194 Å². The number of carbonyl (C=O) groups excluding carboxylic acids is 1. The minimum absolute atomic E-state index is 0.116. The van der Waals surface area contributed by atoms with Gasteiger partial charge < -0.3 is 14.2 Å². The van der Waals surface area contributed by atoms with Crippen molar-refractivity contribution in [3.8, 4) is 11.3 Å². The summed E-state index contributed by atoms with van der Waals surface area (Å²) in [6.45, 7) is 0.349. The Morgan fingerprint density at radius 2 is 1.97 bits per heavy atom. The van der Waals surface area contributed by atoms with Gasteiger partial charge in [0, 0.05) is 15.5 Å². The summed E-state index contributed by atoms with van der Waals surface area (Å²) in [5.74, 6) is 1.97. The third-order valence-corrected chi connectivity index (χ3v) is 6.90. The van der Waals surface area contributed by atoms with Crippen molar-refractivity contribution in [1.82, 2.24) is 5.32 Å². The van der Waals surface area contributed by atoms with Gasteiger partial charge in [-0.1, -0.05) is 11.6 Å². The SMILES string of the molecule is O=C(NCc1ccco1)c1c(/N=C\c2ccc(-c3ccc(Cl)cc3)o2)sc2c1CCCC2. The van der Waals surface area contributed by atoms with E-state index in [1.165, 1.54) is 4.88 Å². The number of aryl methyl sites for hydroxylation is 1. The Morgan fingerprint density at radius 1 is 1.12 bits per heavy atom. The van der Waals surface area contributed by atoms with E-state index in [-0.39, 0.29) is 5.91 Å². The molecule has 3 heterocycles. The van der Waals surface area contributed by atoms with Crippen molar-refractivity contribution >= 4 is 40.1 Å². The van der Waals surface area contributed by atoms with E-state index < -0.39 is 0 Å². The van der Waals surface area contributed by atoms with Gasteiger partial charge in [-0.2, -0.15) is 0 Å². The van der Waals surface area contributed by atoms with Crippen LogP contribution in [0.25, 0.3) is 11.3 Å².